The summed E-state index contributed by atoms with van der Waals surface area (Å²) in [5.41, 5.74) is -6.00. The van der Waals surface area contributed by atoms with Gasteiger partial charge in [0.25, 0.3) is 22.9 Å². The van der Waals surface area contributed by atoms with Crippen molar-refractivity contribution in [2.45, 2.75) is 12.8 Å². The van der Waals surface area contributed by atoms with Crippen LogP contribution < -0.4 is 0 Å². The van der Waals surface area contributed by atoms with Gasteiger partial charge in [0.05, 0.1) is 53.8 Å². The Labute approximate surface area is 245 Å². The molecule has 0 aliphatic rings. The number of carbonyl (C=O) groups excluding carboxylic acids is 1. The van der Waals surface area contributed by atoms with Crippen LogP contribution in [0, 0.1) is 60.7 Å². The highest BCUT2D eigenvalue weighted by Crippen LogP contribution is 2.40. The number of Topliss-reactive ketones (excluding diaryl/α,β-unsaturated/α-hetero) is 1. The Hall–Kier alpha value is -5.97. The Bertz CT molecular complexity index is 1270. The summed E-state index contributed by atoms with van der Waals surface area (Å²) in [5.74, 6) is -2.06. The predicted octanol–water partition coefficient (Wildman–Crippen LogP) is 2.69. The normalized spacial score (nSPS) is 10.1. The number of nitro groups is 6. The van der Waals surface area contributed by atoms with Gasteiger partial charge in [-0.15, -0.1) is 0 Å². The number of hydrogen-bond acceptors (Lipinski definition) is 17. The fourth-order valence-corrected chi connectivity index (χ4v) is 2.77. The van der Waals surface area contributed by atoms with E-state index in [1.54, 1.807) is 0 Å². The van der Waals surface area contributed by atoms with Gasteiger partial charge in [0.1, 0.15) is 5.78 Å². The van der Waals surface area contributed by atoms with E-state index < -0.39 is 75.2 Å². The number of hydrogen-bond donors (Lipinski definition) is 2. The standard InChI is InChI=1S/C9H20N2O.2C6H3N3O7/c1-10(2)7-5-9(12)6-8-11(3)4;2*10-6-4(8(13)14)1-3(7(11)12)2-5(6)9(15)16/h5-8H2,1-4H3;2*1-2,10H. The largest absolute Gasteiger partial charge is 0.497 e. The third kappa shape index (κ3) is 12.3. The fraction of sp³-hybridized carbons (Fsp3) is 0.381. The van der Waals surface area contributed by atoms with E-state index in [2.05, 4.69) is 0 Å². The van der Waals surface area contributed by atoms with Crippen molar-refractivity contribution in [1.29, 1.82) is 0 Å². The molecule has 0 aliphatic carbocycles. The summed E-state index contributed by atoms with van der Waals surface area (Å²) in [5, 5.41) is 80.4. The van der Waals surface area contributed by atoms with E-state index in [0.29, 0.717) is 42.9 Å². The summed E-state index contributed by atoms with van der Waals surface area (Å²) in [7, 11) is 7.94. The zero-order chi connectivity index (χ0) is 34.5. The van der Waals surface area contributed by atoms with Crippen LogP contribution in [0.5, 0.6) is 11.5 Å². The van der Waals surface area contributed by atoms with Crippen molar-refractivity contribution < 1.29 is 44.5 Å². The molecule has 0 bridgehead atoms. The Morgan fingerprint density at radius 2 is 0.773 bits per heavy atom. The van der Waals surface area contributed by atoms with Crippen LogP contribution in [0.3, 0.4) is 0 Å². The minimum Gasteiger partial charge on any atom is -0.497 e. The van der Waals surface area contributed by atoms with Gasteiger partial charge in [0.15, 0.2) is 0 Å². The van der Waals surface area contributed by atoms with Crippen molar-refractivity contribution in [3.8, 4) is 11.5 Å². The van der Waals surface area contributed by atoms with Gasteiger partial charge < -0.3 is 20.0 Å². The molecular formula is C21H26N8O15. The summed E-state index contributed by atoms with van der Waals surface area (Å²) in [6, 6.07) is 1.79. The number of carbonyl (C=O) groups is 1. The molecule has 23 heteroatoms. The van der Waals surface area contributed by atoms with Crippen LogP contribution in [0.4, 0.5) is 34.1 Å². The molecule has 0 saturated carbocycles. The number of rotatable bonds is 12. The summed E-state index contributed by atoms with van der Waals surface area (Å²) in [6.45, 7) is 1.73. The minimum absolute atomic E-state index is 0.359. The lowest BCUT2D eigenvalue weighted by Gasteiger charge is -2.10. The first-order valence-corrected chi connectivity index (χ1v) is 11.6. The highest BCUT2D eigenvalue weighted by molar-refractivity contribution is 5.78. The predicted molar refractivity (Wildman–Crippen MR) is 147 cm³/mol. The molecule has 44 heavy (non-hydrogen) atoms. The molecule has 2 N–H and O–H groups in total. The lowest BCUT2D eigenvalue weighted by Crippen LogP contribution is -2.20. The molecule has 2 aromatic carbocycles. The van der Waals surface area contributed by atoms with Crippen LogP contribution >= 0.6 is 0 Å². The van der Waals surface area contributed by atoms with Crippen molar-refractivity contribution in [2.75, 3.05) is 41.3 Å². The van der Waals surface area contributed by atoms with Crippen molar-refractivity contribution in [3.05, 3.63) is 85.0 Å². The van der Waals surface area contributed by atoms with E-state index in [0.717, 1.165) is 13.1 Å². The number of ketones is 1. The summed E-state index contributed by atoms with van der Waals surface area (Å²) < 4.78 is 0. The topological polar surface area (TPSA) is 323 Å². The van der Waals surface area contributed by atoms with Crippen LogP contribution in [-0.4, -0.2) is 96.6 Å². The summed E-state index contributed by atoms with van der Waals surface area (Å²) in [4.78, 5) is 70.8. The van der Waals surface area contributed by atoms with Gasteiger partial charge in [-0.25, -0.2) is 0 Å². The van der Waals surface area contributed by atoms with Crippen molar-refractivity contribution in [1.82, 2.24) is 9.80 Å². The molecule has 0 spiro atoms. The SMILES string of the molecule is CN(C)CCC(=O)CCN(C)C.O=[N+]([O-])c1cc([N+](=O)[O-])c(O)c([N+](=O)[O-])c1.O=[N+]([O-])c1cc([N+](=O)[O-])c(O)c([N+](=O)[O-])c1. The molecule has 0 radical (unpaired) electrons. The summed E-state index contributed by atoms with van der Waals surface area (Å²) >= 11 is 0. The lowest BCUT2D eigenvalue weighted by atomic mass is 10.2. The van der Waals surface area contributed by atoms with Gasteiger partial charge in [0.2, 0.25) is 0 Å². The molecular weight excluding hydrogens is 604 g/mol. The first kappa shape index (κ1) is 38.0. The maximum atomic E-state index is 11.2. The van der Waals surface area contributed by atoms with Crippen LogP contribution in [0.2, 0.25) is 0 Å². The molecule has 0 aliphatic heterocycles. The molecule has 0 saturated heterocycles. The highest BCUT2D eigenvalue weighted by Gasteiger charge is 2.31. The number of non-ortho nitro benzene ring substituents is 2. The number of aromatic hydroxyl groups is 2. The van der Waals surface area contributed by atoms with Gasteiger partial charge in [-0.2, -0.15) is 0 Å². The van der Waals surface area contributed by atoms with Gasteiger partial charge >= 0.3 is 22.7 Å². The Morgan fingerprint density at radius 3 is 0.932 bits per heavy atom. The molecule has 0 atom stereocenters. The number of nitro benzene ring substituents is 6. The third-order valence-corrected chi connectivity index (χ3v) is 4.99. The minimum atomic E-state index is -1.21. The van der Waals surface area contributed by atoms with Gasteiger partial charge in [-0.05, 0) is 28.2 Å². The van der Waals surface area contributed by atoms with Gasteiger partial charge in [-0.1, -0.05) is 0 Å². The van der Waals surface area contributed by atoms with Crippen LogP contribution in [0.1, 0.15) is 12.8 Å². The van der Waals surface area contributed by atoms with Crippen LogP contribution in [0.25, 0.3) is 0 Å². The average Bonchev–Trinajstić information content (AvgIpc) is 2.90. The number of benzene rings is 2. The lowest BCUT2D eigenvalue weighted by molar-refractivity contribution is -0.404. The second-order valence-electron chi connectivity index (χ2n) is 8.85. The van der Waals surface area contributed by atoms with Gasteiger partial charge in [0, 0.05) is 25.9 Å². The quantitative estimate of drug-likeness (QED) is 0.251. The van der Waals surface area contributed by atoms with Crippen molar-refractivity contribution >= 4 is 39.9 Å². The average molecular weight is 630 g/mol. The summed E-state index contributed by atoms with van der Waals surface area (Å²) in [6.07, 6.45) is 1.36. The zero-order valence-electron chi connectivity index (χ0n) is 23.4. The van der Waals surface area contributed by atoms with Crippen molar-refractivity contribution in [2.24, 2.45) is 0 Å². The van der Waals surface area contributed by atoms with Crippen molar-refractivity contribution in [3.63, 3.8) is 0 Å². The Kier molecular flexibility index (Phi) is 14.8. The van der Waals surface area contributed by atoms with E-state index in [4.69, 9.17) is 10.2 Å². The molecule has 240 valence electrons. The van der Waals surface area contributed by atoms with Crippen LogP contribution in [-0.2, 0) is 4.79 Å². The Morgan fingerprint density at radius 1 is 0.545 bits per heavy atom. The van der Waals surface area contributed by atoms with E-state index in [9.17, 15) is 65.5 Å². The monoisotopic (exact) mass is 630 g/mol. The maximum Gasteiger partial charge on any atom is 0.324 e. The van der Waals surface area contributed by atoms with E-state index in [1.165, 1.54) is 0 Å². The smallest absolute Gasteiger partial charge is 0.324 e. The molecule has 0 heterocycles. The molecule has 2 aromatic rings. The van der Waals surface area contributed by atoms with E-state index >= 15 is 0 Å². The second-order valence-corrected chi connectivity index (χ2v) is 8.85. The Balaban J connectivity index is 0.000000639. The van der Waals surface area contributed by atoms with Crippen LogP contribution in [0.15, 0.2) is 24.3 Å². The van der Waals surface area contributed by atoms with Gasteiger partial charge in [-0.3, -0.25) is 65.5 Å². The number of phenols is 2. The third-order valence-electron chi connectivity index (χ3n) is 4.99. The molecule has 23 nitrogen and oxygen atoms in total. The number of nitrogens with zero attached hydrogens (tertiary/aromatic N) is 8. The first-order chi connectivity index (χ1) is 20.2. The first-order valence-electron chi connectivity index (χ1n) is 11.6. The second kappa shape index (κ2) is 17.1. The molecule has 0 aromatic heterocycles. The highest BCUT2D eigenvalue weighted by atomic mass is 16.7. The number of phenolic OH excluding ortho intramolecular Hbond substituents is 2. The fourth-order valence-electron chi connectivity index (χ4n) is 2.77. The molecule has 0 unspecified atom stereocenters. The van der Waals surface area contributed by atoms with E-state index in [1.807, 2.05) is 38.0 Å². The maximum absolute atomic E-state index is 11.2. The molecule has 2 rings (SSSR count). The molecule has 0 amide bonds. The van der Waals surface area contributed by atoms with E-state index in [-0.39, 0.29) is 0 Å². The molecule has 0 fully saturated rings. The zero-order valence-corrected chi connectivity index (χ0v) is 23.4.